The maximum Gasteiger partial charge on any atom is 0.321 e. The van der Waals surface area contributed by atoms with E-state index in [9.17, 15) is 4.79 Å². The second kappa shape index (κ2) is 8.32. The predicted molar refractivity (Wildman–Crippen MR) is 93.9 cm³/mol. The van der Waals surface area contributed by atoms with E-state index in [4.69, 9.17) is 9.47 Å². The molecule has 3 rings (SSSR count). The third kappa shape index (κ3) is 4.59. The van der Waals surface area contributed by atoms with Crippen molar-refractivity contribution in [3.63, 3.8) is 0 Å². The van der Waals surface area contributed by atoms with E-state index in [1.54, 1.807) is 23.4 Å². The number of aromatic nitrogens is 2. The van der Waals surface area contributed by atoms with Crippen LogP contribution in [-0.4, -0.2) is 46.7 Å². The second-order valence-electron chi connectivity index (χ2n) is 5.69. The molecule has 2 amide bonds. The lowest BCUT2D eigenvalue weighted by Crippen LogP contribution is -2.43. The molecule has 0 spiro atoms. The molecule has 132 valence electrons. The zero-order valence-corrected chi connectivity index (χ0v) is 14.2. The molecule has 0 saturated carbocycles. The fraction of sp³-hybridized carbons (Fsp3) is 0.389. The van der Waals surface area contributed by atoms with E-state index in [1.807, 2.05) is 31.2 Å². The van der Waals surface area contributed by atoms with Crippen molar-refractivity contribution in [3.05, 3.63) is 42.7 Å². The van der Waals surface area contributed by atoms with Gasteiger partial charge in [0.15, 0.2) is 0 Å². The molecule has 0 unspecified atom stereocenters. The Balaban J connectivity index is 1.52. The molecule has 0 atom stereocenters. The van der Waals surface area contributed by atoms with E-state index in [0.29, 0.717) is 37.1 Å². The number of para-hydroxylation sites is 2. The van der Waals surface area contributed by atoms with Gasteiger partial charge in [-0.25, -0.2) is 14.8 Å². The Morgan fingerprint density at radius 2 is 1.92 bits per heavy atom. The molecule has 1 aromatic carbocycles. The Morgan fingerprint density at radius 3 is 2.64 bits per heavy atom. The zero-order chi connectivity index (χ0) is 17.5. The van der Waals surface area contributed by atoms with E-state index < -0.39 is 0 Å². The monoisotopic (exact) mass is 342 g/mol. The van der Waals surface area contributed by atoms with Crippen molar-refractivity contribution in [2.75, 3.05) is 25.0 Å². The average Bonchev–Trinajstić information content (AvgIpc) is 2.65. The van der Waals surface area contributed by atoms with E-state index in [0.717, 1.165) is 12.8 Å². The highest BCUT2D eigenvalue weighted by Crippen LogP contribution is 2.24. The number of benzene rings is 1. The number of rotatable bonds is 5. The number of hydrogen-bond acceptors (Lipinski definition) is 5. The van der Waals surface area contributed by atoms with Crippen molar-refractivity contribution in [1.29, 1.82) is 0 Å². The first-order valence-corrected chi connectivity index (χ1v) is 8.47. The molecule has 1 fully saturated rings. The summed E-state index contributed by atoms with van der Waals surface area (Å²) in [5, 5.41) is 2.93. The van der Waals surface area contributed by atoms with Crippen LogP contribution in [-0.2, 0) is 0 Å². The Morgan fingerprint density at radius 1 is 1.20 bits per heavy atom. The first-order valence-electron chi connectivity index (χ1n) is 8.47. The summed E-state index contributed by atoms with van der Waals surface area (Å²) in [5.74, 6) is 0.679. The average molecular weight is 342 g/mol. The van der Waals surface area contributed by atoms with Gasteiger partial charge in [-0.15, -0.1) is 0 Å². The number of nitrogens with one attached hydrogen (secondary N) is 1. The Bertz CT molecular complexity index is 688. The van der Waals surface area contributed by atoms with Crippen LogP contribution in [0.4, 0.5) is 10.5 Å². The van der Waals surface area contributed by atoms with Gasteiger partial charge in [0.2, 0.25) is 0 Å². The minimum Gasteiger partial charge on any atom is -0.492 e. The lowest BCUT2D eigenvalue weighted by Gasteiger charge is -2.31. The van der Waals surface area contributed by atoms with Crippen LogP contribution in [0.25, 0.3) is 0 Å². The third-order valence-corrected chi connectivity index (χ3v) is 3.97. The number of urea groups is 1. The first kappa shape index (κ1) is 17.0. The number of piperidine rings is 1. The standard InChI is InChI=1S/C18H22N4O3/c1-2-24-16-7-4-3-6-15(16)21-18(23)22-12-8-14(9-13-22)25-17-19-10-5-11-20-17/h3-7,10-11,14H,2,8-9,12-13H2,1H3,(H,21,23). The number of carbonyl (C=O) groups is 1. The Hall–Kier alpha value is -2.83. The molecular formula is C18H22N4O3. The fourth-order valence-corrected chi connectivity index (χ4v) is 2.72. The Labute approximate surface area is 147 Å². The van der Waals surface area contributed by atoms with Gasteiger partial charge >= 0.3 is 12.0 Å². The van der Waals surface area contributed by atoms with Crippen LogP contribution in [0.2, 0.25) is 0 Å². The molecule has 1 saturated heterocycles. The number of carbonyl (C=O) groups excluding carboxylic acids is 1. The van der Waals surface area contributed by atoms with E-state index in [-0.39, 0.29) is 12.1 Å². The summed E-state index contributed by atoms with van der Waals surface area (Å²) in [6, 6.07) is 9.45. The molecule has 0 radical (unpaired) electrons. The van der Waals surface area contributed by atoms with Crippen LogP contribution < -0.4 is 14.8 Å². The van der Waals surface area contributed by atoms with Crippen LogP contribution in [0.3, 0.4) is 0 Å². The van der Waals surface area contributed by atoms with Crippen molar-refractivity contribution in [1.82, 2.24) is 14.9 Å². The number of anilines is 1. The highest BCUT2D eigenvalue weighted by molar-refractivity contribution is 5.91. The van der Waals surface area contributed by atoms with Crippen LogP contribution >= 0.6 is 0 Å². The maximum atomic E-state index is 12.5. The normalized spacial score (nSPS) is 14.8. The molecule has 1 aromatic heterocycles. The van der Waals surface area contributed by atoms with Gasteiger partial charge in [-0.3, -0.25) is 0 Å². The van der Waals surface area contributed by atoms with Crippen LogP contribution in [0.5, 0.6) is 11.8 Å². The smallest absolute Gasteiger partial charge is 0.321 e. The molecule has 1 N–H and O–H groups in total. The summed E-state index contributed by atoms with van der Waals surface area (Å²) in [7, 11) is 0. The summed E-state index contributed by atoms with van der Waals surface area (Å²) in [4.78, 5) is 22.4. The van der Waals surface area contributed by atoms with E-state index in [1.165, 1.54) is 0 Å². The SMILES string of the molecule is CCOc1ccccc1NC(=O)N1CCC(Oc2ncccn2)CC1. The molecular weight excluding hydrogens is 320 g/mol. The zero-order valence-electron chi connectivity index (χ0n) is 14.2. The molecule has 2 aromatic rings. The first-order chi connectivity index (χ1) is 12.3. The topological polar surface area (TPSA) is 76.6 Å². The van der Waals surface area contributed by atoms with Crippen molar-refractivity contribution in [2.24, 2.45) is 0 Å². The van der Waals surface area contributed by atoms with Gasteiger partial charge in [-0.05, 0) is 25.1 Å². The minimum absolute atomic E-state index is 0.0298. The predicted octanol–water partition coefficient (Wildman–Crippen LogP) is 2.95. The number of nitrogens with zero attached hydrogens (tertiary/aromatic N) is 3. The van der Waals surface area contributed by atoms with Crippen LogP contribution in [0.15, 0.2) is 42.7 Å². The van der Waals surface area contributed by atoms with Gasteiger partial charge in [0.05, 0.1) is 12.3 Å². The van der Waals surface area contributed by atoms with Crippen LogP contribution in [0, 0.1) is 0 Å². The van der Waals surface area contributed by atoms with Crippen molar-refractivity contribution < 1.29 is 14.3 Å². The fourth-order valence-electron chi connectivity index (χ4n) is 2.72. The van der Waals surface area contributed by atoms with Crippen molar-refractivity contribution in [3.8, 4) is 11.8 Å². The Kier molecular flexibility index (Phi) is 5.66. The number of ether oxygens (including phenoxy) is 2. The quantitative estimate of drug-likeness (QED) is 0.904. The van der Waals surface area contributed by atoms with Crippen molar-refractivity contribution >= 4 is 11.7 Å². The van der Waals surface area contributed by atoms with Crippen molar-refractivity contribution in [2.45, 2.75) is 25.9 Å². The maximum absolute atomic E-state index is 12.5. The molecule has 25 heavy (non-hydrogen) atoms. The van der Waals surface area contributed by atoms with E-state index >= 15 is 0 Å². The molecule has 7 nitrogen and oxygen atoms in total. The van der Waals surface area contributed by atoms with E-state index in [2.05, 4.69) is 15.3 Å². The summed E-state index contributed by atoms with van der Waals surface area (Å²) < 4.78 is 11.3. The molecule has 7 heteroatoms. The van der Waals surface area contributed by atoms with Gasteiger partial charge in [0.1, 0.15) is 11.9 Å². The van der Waals surface area contributed by atoms with Gasteiger partial charge < -0.3 is 19.7 Å². The number of hydrogen-bond donors (Lipinski definition) is 1. The van der Waals surface area contributed by atoms with Gasteiger partial charge in [-0.2, -0.15) is 0 Å². The highest BCUT2D eigenvalue weighted by Gasteiger charge is 2.25. The molecule has 0 aliphatic carbocycles. The molecule has 2 heterocycles. The van der Waals surface area contributed by atoms with Gasteiger partial charge in [-0.1, -0.05) is 12.1 Å². The highest BCUT2D eigenvalue weighted by atomic mass is 16.5. The lowest BCUT2D eigenvalue weighted by atomic mass is 10.1. The molecule has 0 bridgehead atoms. The number of likely N-dealkylation sites (tertiary alicyclic amines) is 1. The number of amides is 2. The summed E-state index contributed by atoms with van der Waals surface area (Å²) in [6.45, 7) is 3.72. The largest absolute Gasteiger partial charge is 0.492 e. The molecule has 1 aliphatic rings. The lowest BCUT2D eigenvalue weighted by molar-refractivity contribution is 0.107. The second-order valence-corrected chi connectivity index (χ2v) is 5.69. The molecule has 1 aliphatic heterocycles. The van der Waals surface area contributed by atoms with Crippen LogP contribution in [0.1, 0.15) is 19.8 Å². The summed E-state index contributed by atoms with van der Waals surface area (Å²) in [6.07, 6.45) is 4.83. The van der Waals surface area contributed by atoms with Gasteiger partial charge in [0, 0.05) is 38.3 Å². The third-order valence-electron chi connectivity index (χ3n) is 3.97. The minimum atomic E-state index is -0.124. The van der Waals surface area contributed by atoms with Gasteiger partial charge in [0.25, 0.3) is 0 Å². The summed E-state index contributed by atoms with van der Waals surface area (Å²) in [5.41, 5.74) is 0.686. The summed E-state index contributed by atoms with van der Waals surface area (Å²) >= 11 is 0.